The third-order valence-electron chi connectivity index (χ3n) is 4.02. The minimum atomic E-state index is 0.142. The second kappa shape index (κ2) is 5.13. The monoisotopic (exact) mass is 293 g/mol. The molecule has 4 rings (SSSR count). The van der Waals surface area contributed by atoms with Crippen LogP contribution in [-0.2, 0) is 0 Å². The summed E-state index contributed by atoms with van der Waals surface area (Å²) in [6, 6.07) is 4.13. The summed E-state index contributed by atoms with van der Waals surface area (Å²) in [5.74, 6) is 1.49. The molecule has 4 heteroatoms. The first-order valence-corrected chi connectivity index (χ1v) is 7.80. The Morgan fingerprint density at radius 1 is 1.27 bits per heavy atom. The molecule has 4 nitrogen and oxygen atoms in total. The van der Waals surface area contributed by atoms with Gasteiger partial charge in [-0.3, -0.25) is 4.98 Å². The molecule has 22 heavy (non-hydrogen) atoms. The van der Waals surface area contributed by atoms with Gasteiger partial charge in [0.05, 0.1) is 12.3 Å². The Morgan fingerprint density at radius 2 is 2.14 bits per heavy atom. The molecule has 0 amide bonds. The van der Waals surface area contributed by atoms with E-state index in [4.69, 9.17) is 4.74 Å². The third kappa shape index (κ3) is 2.34. The Morgan fingerprint density at radius 3 is 2.91 bits per heavy atom. The van der Waals surface area contributed by atoms with Crippen molar-refractivity contribution in [2.45, 2.75) is 38.7 Å². The Bertz CT molecular complexity index is 818. The smallest absolute Gasteiger partial charge is 0.138 e. The Balaban J connectivity index is 1.85. The largest absolute Gasteiger partial charge is 0.489 e. The molecule has 1 fully saturated rings. The van der Waals surface area contributed by atoms with Gasteiger partial charge in [-0.1, -0.05) is 0 Å². The number of pyridine rings is 2. The SMILES string of the molecule is CC(C)Oc1cncc(-c2ccnc3[nH]cc(C4CC4)c23)c1. The van der Waals surface area contributed by atoms with Crippen molar-refractivity contribution in [3.63, 3.8) is 0 Å². The molecule has 1 aliphatic rings. The minimum absolute atomic E-state index is 0.142. The van der Waals surface area contributed by atoms with Crippen molar-refractivity contribution in [1.29, 1.82) is 0 Å². The van der Waals surface area contributed by atoms with Crippen molar-refractivity contribution in [2.75, 3.05) is 0 Å². The fourth-order valence-electron chi connectivity index (χ4n) is 2.94. The van der Waals surface area contributed by atoms with E-state index in [-0.39, 0.29) is 6.10 Å². The van der Waals surface area contributed by atoms with Crippen LogP contribution in [0.5, 0.6) is 5.75 Å². The summed E-state index contributed by atoms with van der Waals surface area (Å²) >= 11 is 0. The molecule has 0 bridgehead atoms. The van der Waals surface area contributed by atoms with Crippen molar-refractivity contribution < 1.29 is 4.74 Å². The molecule has 3 heterocycles. The molecule has 0 aromatic carbocycles. The molecule has 0 aliphatic heterocycles. The number of aromatic amines is 1. The standard InChI is InChI=1S/C18H19N3O/c1-11(2)22-14-7-13(8-19-9-14)15-5-6-20-18-17(15)16(10-21-18)12-3-4-12/h5-12H,3-4H2,1-2H3,(H,20,21). The first-order chi connectivity index (χ1) is 10.7. The van der Waals surface area contributed by atoms with Gasteiger partial charge in [-0.15, -0.1) is 0 Å². The van der Waals surface area contributed by atoms with E-state index in [2.05, 4.69) is 33.3 Å². The maximum Gasteiger partial charge on any atom is 0.138 e. The molecule has 1 N–H and O–H groups in total. The molecule has 0 atom stereocenters. The van der Waals surface area contributed by atoms with Crippen molar-refractivity contribution >= 4 is 11.0 Å². The summed E-state index contributed by atoms with van der Waals surface area (Å²) in [7, 11) is 0. The van der Waals surface area contributed by atoms with Crippen LogP contribution in [0.4, 0.5) is 0 Å². The maximum atomic E-state index is 5.77. The van der Waals surface area contributed by atoms with Crippen LogP contribution in [0.3, 0.4) is 0 Å². The van der Waals surface area contributed by atoms with Gasteiger partial charge in [0.15, 0.2) is 0 Å². The summed E-state index contributed by atoms with van der Waals surface area (Å²) < 4.78 is 5.77. The van der Waals surface area contributed by atoms with Crippen LogP contribution in [0.25, 0.3) is 22.2 Å². The number of nitrogens with zero attached hydrogens (tertiary/aromatic N) is 2. The maximum absolute atomic E-state index is 5.77. The van der Waals surface area contributed by atoms with Crippen LogP contribution < -0.4 is 4.74 Å². The van der Waals surface area contributed by atoms with E-state index in [0.29, 0.717) is 5.92 Å². The lowest BCUT2D eigenvalue weighted by Crippen LogP contribution is -2.05. The van der Waals surface area contributed by atoms with E-state index in [1.165, 1.54) is 29.4 Å². The van der Waals surface area contributed by atoms with Crippen molar-refractivity contribution in [3.8, 4) is 16.9 Å². The van der Waals surface area contributed by atoms with Gasteiger partial charge >= 0.3 is 0 Å². The predicted octanol–water partition coefficient (Wildman–Crippen LogP) is 4.29. The third-order valence-corrected chi connectivity index (χ3v) is 4.02. The van der Waals surface area contributed by atoms with Crippen molar-refractivity contribution in [1.82, 2.24) is 15.0 Å². The van der Waals surface area contributed by atoms with Crippen LogP contribution in [0.2, 0.25) is 0 Å². The Kier molecular flexibility index (Phi) is 3.10. The van der Waals surface area contributed by atoms with Gasteiger partial charge < -0.3 is 9.72 Å². The highest BCUT2D eigenvalue weighted by Gasteiger charge is 2.27. The zero-order chi connectivity index (χ0) is 15.1. The summed E-state index contributed by atoms with van der Waals surface area (Å²) in [6.45, 7) is 4.04. The topological polar surface area (TPSA) is 50.8 Å². The van der Waals surface area contributed by atoms with Crippen LogP contribution in [0, 0.1) is 0 Å². The lowest BCUT2D eigenvalue weighted by atomic mass is 10.0. The number of aromatic nitrogens is 3. The number of rotatable bonds is 4. The molecular formula is C18H19N3O. The zero-order valence-corrected chi connectivity index (χ0v) is 12.8. The highest BCUT2D eigenvalue weighted by atomic mass is 16.5. The number of fused-ring (bicyclic) bond motifs is 1. The molecule has 0 unspecified atom stereocenters. The van der Waals surface area contributed by atoms with E-state index in [0.717, 1.165) is 17.0 Å². The molecule has 0 radical (unpaired) electrons. The van der Waals surface area contributed by atoms with Gasteiger partial charge in [0.25, 0.3) is 0 Å². The molecular weight excluding hydrogens is 274 g/mol. The number of ether oxygens (including phenoxy) is 1. The highest BCUT2D eigenvalue weighted by molar-refractivity contribution is 5.96. The first-order valence-electron chi connectivity index (χ1n) is 7.80. The fourth-order valence-corrected chi connectivity index (χ4v) is 2.94. The van der Waals surface area contributed by atoms with E-state index < -0.39 is 0 Å². The zero-order valence-electron chi connectivity index (χ0n) is 12.8. The second-order valence-electron chi connectivity index (χ2n) is 6.18. The van der Waals surface area contributed by atoms with E-state index in [9.17, 15) is 0 Å². The van der Waals surface area contributed by atoms with Gasteiger partial charge in [-0.25, -0.2) is 4.98 Å². The number of hydrogen-bond donors (Lipinski definition) is 1. The van der Waals surface area contributed by atoms with Crippen LogP contribution in [0.1, 0.15) is 38.2 Å². The van der Waals surface area contributed by atoms with Crippen molar-refractivity contribution in [3.05, 3.63) is 42.5 Å². The summed E-state index contributed by atoms with van der Waals surface area (Å²) in [4.78, 5) is 12.1. The first kappa shape index (κ1) is 13.3. The van der Waals surface area contributed by atoms with Crippen LogP contribution >= 0.6 is 0 Å². The van der Waals surface area contributed by atoms with Crippen LogP contribution in [-0.4, -0.2) is 21.1 Å². The summed E-state index contributed by atoms with van der Waals surface area (Å²) in [5.41, 5.74) is 4.59. The van der Waals surface area contributed by atoms with Crippen molar-refractivity contribution in [2.24, 2.45) is 0 Å². The van der Waals surface area contributed by atoms with E-state index in [1.807, 2.05) is 26.2 Å². The number of H-pyrrole nitrogens is 1. The average molecular weight is 293 g/mol. The molecule has 0 saturated heterocycles. The minimum Gasteiger partial charge on any atom is -0.489 e. The van der Waals surface area contributed by atoms with Gasteiger partial charge in [-0.05, 0) is 55.9 Å². The normalized spacial score (nSPS) is 14.7. The second-order valence-corrected chi connectivity index (χ2v) is 6.18. The molecule has 3 aromatic rings. The van der Waals surface area contributed by atoms with Gasteiger partial charge in [0, 0.05) is 29.5 Å². The lowest BCUT2D eigenvalue weighted by Gasteiger charge is -2.11. The number of nitrogens with one attached hydrogen (secondary N) is 1. The van der Waals surface area contributed by atoms with Gasteiger partial charge in [0.2, 0.25) is 0 Å². The predicted molar refractivity (Wildman–Crippen MR) is 87.1 cm³/mol. The quantitative estimate of drug-likeness (QED) is 0.780. The lowest BCUT2D eigenvalue weighted by molar-refractivity contribution is 0.241. The average Bonchev–Trinajstić information content (AvgIpc) is 3.25. The van der Waals surface area contributed by atoms with Gasteiger partial charge in [-0.2, -0.15) is 0 Å². The summed E-state index contributed by atoms with van der Waals surface area (Å²) in [6.07, 6.45) is 10.3. The molecule has 112 valence electrons. The van der Waals surface area contributed by atoms with E-state index in [1.54, 1.807) is 6.20 Å². The number of hydrogen-bond acceptors (Lipinski definition) is 3. The fraction of sp³-hybridized carbons (Fsp3) is 0.333. The van der Waals surface area contributed by atoms with Crippen LogP contribution in [0.15, 0.2) is 36.9 Å². The Hall–Kier alpha value is -2.36. The summed E-state index contributed by atoms with van der Waals surface area (Å²) in [5, 5.41) is 1.23. The highest BCUT2D eigenvalue weighted by Crippen LogP contribution is 2.45. The molecule has 0 spiro atoms. The molecule has 3 aromatic heterocycles. The molecule has 1 saturated carbocycles. The van der Waals surface area contributed by atoms with E-state index >= 15 is 0 Å². The Labute approximate surface area is 129 Å². The van der Waals surface area contributed by atoms with Gasteiger partial charge in [0.1, 0.15) is 11.4 Å². The molecule has 1 aliphatic carbocycles.